The van der Waals surface area contributed by atoms with Crippen LogP contribution in [0.4, 0.5) is 19.0 Å². The molecule has 3 heterocycles. The first-order valence-corrected chi connectivity index (χ1v) is 11.0. The van der Waals surface area contributed by atoms with E-state index in [2.05, 4.69) is 20.3 Å². The van der Waals surface area contributed by atoms with E-state index in [4.69, 9.17) is 4.74 Å². The van der Waals surface area contributed by atoms with Gasteiger partial charge in [-0.1, -0.05) is 20.8 Å². The lowest BCUT2D eigenvalue weighted by atomic mass is 9.97. The van der Waals surface area contributed by atoms with Crippen LogP contribution in [0.2, 0.25) is 0 Å². The third kappa shape index (κ3) is 6.25. The largest absolute Gasteiger partial charge is 0.444 e. The number of amides is 1. The summed E-state index contributed by atoms with van der Waals surface area (Å²) in [7, 11) is 0. The number of nitrogens with zero attached hydrogens (tertiary/aromatic N) is 4. The van der Waals surface area contributed by atoms with Crippen molar-refractivity contribution in [3.63, 3.8) is 0 Å². The van der Waals surface area contributed by atoms with Crippen molar-refractivity contribution < 1.29 is 27.5 Å². The van der Waals surface area contributed by atoms with Crippen molar-refractivity contribution in [3.8, 4) is 11.4 Å². The van der Waals surface area contributed by atoms with E-state index in [0.717, 1.165) is 0 Å². The first-order valence-electron chi connectivity index (χ1n) is 11.0. The molecule has 0 aliphatic heterocycles. The molecule has 35 heavy (non-hydrogen) atoms. The van der Waals surface area contributed by atoms with Gasteiger partial charge in [-0.15, -0.1) is 0 Å². The summed E-state index contributed by atoms with van der Waals surface area (Å²) in [6.45, 7) is 5.18. The maximum Gasteiger partial charge on any atom is 0.405 e. The lowest BCUT2D eigenvalue weighted by Gasteiger charge is -2.29. The molecule has 0 aliphatic carbocycles. The first kappa shape index (κ1) is 25.9. The van der Waals surface area contributed by atoms with E-state index < -0.39 is 24.2 Å². The summed E-state index contributed by atoms with van der Waals surface area (Å²) >= 11 is 0. The van der Waals surface area contributed by atoms with Gasteiger partial charge in [0.05, 0.1) is 5.92 Å². The Morgan fingerprint density at radius 2 is 1.91 bits per heavy atom. The molecule has 0 aromatic carbocycles. The van der Waals surface area contributed by atoms with E-state index in [9.17, 15) is 22.8 Å². The number of rotatable bonds is 9. The number of nitrogens with one attached hydrogen (secondary N) is 2. The molecule has 0 saturated carbocycles. The molecule has 0 aliphatic rings. The Morgan fingerprint density at radius 3 is 2.57 bits per heavy atom. The number of carbonyl (C=O) groups excluding carboxylic acids is 2. The monoisotopic (exact) mass is 492 g/mol. The van der Waals surface area contributed by atoms with Gasteiger partial charge in [0.1, 0.15) is 23.5 Å². The predicted molar refractivity (Wildman–Crippen MR) is 123 cm³/mol. The van der Waals surface area contributed by atoms with Gasteiger partial charge in [0.25, 0.3) is 0 Å². The zero-order valence-electron chi connectivity index (χ0n) is 19.8. The van der Waals surface area contributed by atoms with E-state index in [-0.39, 0.29) is 30.9 Å². The van der Waals surface area contributed by atoms with Crippen molar-refractivity contribution in [3.05, 3.63) is 36.8 Å². The van der Waals surface area contributed by atoms with Crippen LogP contribution in [0.5, 0.6) is 0 Å². The van der Waals surface area contributed by atoms with E-state index in [1.54, 1.807) is 43.8 Å². The molecule has 0 fully saturated rings. The summed E-state index contributed by atoms with van der Waals surface area (Å²) in [6, 6.07) is 5.09. The highest BCUT2D eigenvalue weighted by Gasteiger charge is 2.35. The molecule has 2 N–H and O–H groups in total. The van der Waals surface area contributed by atoms with Crippen LogP contribution < -0.4 is 10.6 Å². The zero-order chi connectivity index (χ0) is 25.8. The fourth-order valence-electron chi connectivity index (χ4n) is 3.22. The van der Waals surface area contributed by atoms with Crippen molar-refractivity contribution in [2.24, 2.45) is 5.92 Å². The van der Waals surface area contributed by atoms with Crippen molar-refractivity contribution in [2.45, 2.75) is 52.6 Å². The Kier molecular flexibility index (Phi) is 7.61. The SMILES string of the molecule is CC[C@@](C)(Nc1ccnc(-c2cn(COC(=O)C(C)C)c3ncccc23)n1)C(=O)NCC(F)(F)F. The summed E-state index contributed by atoms with van der Waals surface area (Å²) in [5.74, 6) is -0.870. The second-order valence-electron chi connectivity index (χ2n) is 8.51. The van der Waals surface area contributed by atoms with Crippen LogP contribution in [0.15, 0.2) is 36.8 Å². The topological polar surface area (TPSA) is 111 Å². The zero-order valence-corrected chi connectivity index (χ0v) is 19.8. The number of anilines is 1. The standard InChI is InChI=1S/C23H27F3N6O3/c1-5-22(4,21(34)29-12-23(24,25)26)31-17-8-10-27-18(30-17)16-11-32(13-35-20(33)14(2)3)19-15(16)7-6-9-28-19/h6-11,14H,5,12-13H2,1-4H3,(H,29,34)(H,27,30,31)/t22-/m1/s1. The number of pyridine rings is 1. The van der Waals surface area contributed by atoms with E-state index in [1.165, 1.54) is 19.2 Å². The molecular weight excluding hydrogens is 465 g/mol. The van der Waals surface area contributed by atoms with Gasteiger partial charge in [-0.25, -0.2) is 15.0 Å². The van der Waals surface area contributed by atoms with Crippen molar-refractivity contribution in [2.75, 3.05) is 11.9 Å². The number of hydrogen-bond acceptors (Lipinski definition) is 7. The molecule has 0 radical (unpaired) electrons. The molecule has 1 amide bonds. The Labute approximate surface area is 200 Å². The van der Waals surface area contributed by atoms with Crippen molar-refractivity contribution in [1.82, 2.24) is 24.8 Å². The third-order valence-corrected chi connectivity index (χ3v) is 5.41. The van der Waals surface area contributed by atoms with Crippen LogP contribution in [0.25, 0.3) is 22.4 Å². The predicted octanol–water partition coefficient (Wildman–Crippen LogP) is 3.91. The number of ether oxygens (including phenoxy) is 1. The average Bonchev–Trinajstić information content (AvgIpc) is 3.19. The second kappa shape index (κ2) is 10.3. The summed E-state index contributed by atoms with van der Waals surface area (Å²) < 4.78 is 44.7. The minimum absolute atomic E-state index is 0.0459. The Morgan fingerprint density at radius 1 is 1.17 bits per heavy atom. The van der Waals surface area contributed by atoms with Crippen molar-refractivity contribution >= 4 is 28.7 Å². The van der Waals surface area contributed by atoms with Gasteiger partial charge >= 0.3 is 12.1 Å². The number of esters is 1. The summed E-state index contributed by atoms with van der Waals surface area (Å²) in [4.78, 5) is 37.6. The maximum atomic E-state index is 12.6. The molecule has 0 bridgehead atoms. The quantitative estimate of drug-likeness (QED) is 0.436. The van der Waals surface area contributed by atoms with Gasteiger partial charge in [-0.05, 0) is 31.5 Å². The van der Waals surface area contributed by atoms with Crippen LogP contribution >= 0.6 is 0 Å². The molecule has 3 rings (SSSR count). The summed E-state index contributed by atoms with van der Waals surface area (Å²) in [5.41, 5.74) is -0.166. The summed E-state index contributed by atoms with van der Waals surface area (Å²) in [5, 5.41) is 5.57. The minimum Gasteiger partial charge on any atom is -0.444 e. The maximum absolute atomic E-state index is 12.6. The van der Waals surface area contributed by atoms with E-state index >= 15 is 0 Å². The average molecular weight is 493 g/mol. The first-order chi connectivity index (χ1) is 16.4. The Hall–Kier alpha value is -3.70. The highest BCUT2D eigenvalue weighted by Crippen LogP contribution is 2.28. The Balaban J connectivity index is 1.89. The molecule has 1 atom stereocenters. The number of alkyl halides is 3. The molecule has 188 valence electrons. The second-order valence-corrected chi connectivity index (χ2v) is 8.51. The highest BCUT2D eigenvalue weighted by atomic mass is 19.4. The molecule has 12 heteroatoms. The lowest BCUT2D eigenvalue weighted by molar-refractivity contribution is -0.151. The number of halogens is 3. The van der Waals surface area contributed by atoms with Gasteiger partial charge in [-0.2, -0.15) is 13.2 Å². The van der Waals surface area contributed by atoms with Crippen LogP contribution in [-0.2, 0) is 21.1 Å². The third-order valence-electron chi connectivity index (χ3n) is 5.41. The van der Waals surface area contributed by atoms with Gasteiger partial charge in [0.15, 0.2) is 12.6 Å². The fourth-order valence-corrected chi connectivity index (χ4v) is 3.22. The van der Waals surface area contributed by atoms with Crippen LogP contribution in [0, 0.1) is 5.92 Å². The number of aromatic nitrogens is 4. The van der Waals surface area contributed by atoms with Crippen LogP contribution in [0.3, 0.4) is 0 Å². The number of fused-ring (bicyclic) bond motifs is 1. The van der Waals surface area contributed by atoms with E-state index in [1.807, 2.05) is 11.4 Å². The molecule has 3 aromatic rings. The molecule has 3 aromatic heterocycles. The smallest absolute Gasteiger partial charge is 0.405 e. The van der Waals surface area contributed by atoms with Crippen LogP contribution in [-0.4, -0.2) is 49.7 Å². The molecular formula is C23H27F3N6O3. The van der Waals surface area contributed by atoms with Gasteiger partial charge in [-0.3, -0.25) is 14.2 Å². The Bertz CT molecular complexity index is 1210. The van der Waals surface area contributed by atoms with E-state index in [0.29, 0.717) is 22.4 Å². The highest BCUT2D eigenvalue weighted by molar-refractivity contribution is 5.92. The van der Waals surface area contributed by atoms with Gasteiger partial charge in [0.2, 0.25) is 5.91 Å². The lowest BCUT2D eigenvalue weighted by Crippen LogP contribution is -2.52. The molecule has 0 spiro atoms. The van der Waals surface area contributed by atoms with Gasteiger partial charge < -0.3 is 15.4 Å². The summed E-state index contributed by atoms with van der Waals surface area (Å²) in [6.07, 6.45) is 0.489. The normalized spacial score (nSPS) is 13.5. The van der Waals surface area contributed by atoms with Gasteiger partial charge in [0, 0.05) is 29.5 Å². The molecule has 0 saturated heterocycles. The fraction of sp³-hybridized carbons (Fsp3) is 0.435. The molecule has 9 nitrogen and oxygen atoms in total. The minimum atomic E-state index is -4.52. The number of carbonyl (C=O) groups is 2. The molecule has 0 unspecified atom stereocenters. The number of hydrogen-bond donors (Lipinski definition) is 2. The van der Waals surface area contributed by atoms with Crippen molar-refractivity contribution in [1.29, 1.82) is 0 Å². The van der Waals surface area contributed by atoms with Crippen LogP contribution in [0.1, 0.15) is 34.1 Å².